The molecule has 2 rings (SSSR count). The van der Waals surface area contributed by atoms with Crippen LogP contribution >= 0.6 is 0 Å². The van der Waals surface area contributed by atoms with Crippen molar-refractivity contribution >= 4 is 11.8 Å². The maximum Gasteiger partial charge on any atom is 0.262 e. The Kier molecular flexibility index (Phi) is 2.45. The normalized spacial score (nSPS) is 14.8. The van der Waals surface area contributed by atoms with Crippen LogP contribution in [0.25, 0.3) is 0 Å². The van der Waals surface area contributed by atoms with Gasteiger partial charge in [-0.2, -0.15) is 0 Å². The van der Waals surface area contributed by atoms with Gasteiger partial charge in [-0.05, 0) is 17.9 Å². The molecule has 1 heterocycles. The Balaban J connectivity index is 2.66. The average molecular weight is 233 g/mol. The van der Waals surface area contributed by atoms with Gasteiger partial charge in [0.1, 0.15) is 5.75 Å². The quantitative estimate of drug-likeness (QED) is 0.767. The van der Waals surface area contributed by atoms with Crippen LogP contribution in [0.3, 0.4) is 0 Å². The van der Waals surface area contributed by atoms with Crippen LogP contribution in [0.1, 0.15) is 53.5 Å². The summed E-state index contributed by atoms with van der Waals surface area (Å²) in [5.41, 5.74) is 0.825. The molecular formula is C13H15NO3. The number of nitrogens with one attached hydrogen (secondary N) is 1. The zero-order valence-electron chi connectivity index (χ0n) is 10.1. The molecule has 0 bridgehead atoms. The van der Waals surface area contributed by atoms with Crippen LogP contribution < -0.4 is 5.32 Å². The molecule has 0 spiro atoms. The molecule has 1 aliphatic heterocycles. The van der Waals surface area contributed by atoms with Crippen LogP contribution in [-0.2, 0) is 5.41 Å². The molecule has 1 aliphatic rings. The molecule has 0 fully saturated rings. The van der Waals surface area contributed by atoms with Gasteiger partial charge in [-0.25, -0.2) is 0 Å². The topological polar surface area (TPSA) is 66.4 Å². The molecule has 0 aromatic heterocycles. The van der Waals surface area contributed by atoms with Crippen molar-refractivity contribution in [1.29, 1.82) is 0 Å². The first-order chi connectivity index (χ1) is 7.88. The van der Waals surface area contributed by atoms with Gasteiger partial charge in [-0.15, -0.1) is 0 Å². The Labute approximate surface area is 99.6 Å². The third-order valence-corrected chi connectivity index (χ3v) is 3.49. The van der Waals surface area contributed by atoms with E-state index in [1.807, 2.05) is 20.8 Å². The standard InChI is InChI=1S/C13H15NO3/c1-4-13(2,3)8-6-5-7-9(10(8)15)12(17)14-11(7)16/h5-6,15H,4H2,1-3H3,(H,14,16,17). The van der Waals surface area contributed by atoms with Crippen molar-refractivity contribution in [2.45, 2.75) is 32.6 Å². The van der Waals surface area contributed by atoms with E-state index >= 15 is 0 Å². The molecule has 0 saturated heterocycles. The summed E-state index contributed by atoms with van der Waals surface area (Å²) in [6.07, 6.45) is 0.828. The second kappa shape index (κ2) is 3.58. The molecule has 4 nitrogen and oxygen atoms in total. The molecule has 1 aromatic rings. The molecule has 4 heteroatoms. The zero-order chi connectivity index (χ0) is 12.8. The van der Waals surface area contributed by atoms with E-state index in [0.717, 1.165) is 6.42 Å². The van der Waals surface area contributed by atoms with Crippen molar-refractivity contribution in [3.05, 3.63) is 28.8 Å². The third-order valence-electron chi connectivity index (χ3n) is 3.49. The van der Waals surface area contributed by atoms with Crippen molar-refractivity contribution in [3.63, 3.8) is 0 Å². The Morgan fingerprint density at radius 3 is 2.47 bits per heavy atom. The highest BCUT2D eigenvalue weighted by atomic mass is 16.3. The molecule has 90 valence electrons. The van der Waals surface area contributed by atoms with Crippen LogP contribution in [0.5, 0.6) is 5.75 Å². The molecule has 0 unspecified atom stereocenters. The highest BCUT2D eigenvalue weighted by molar-refractivity contribution is 6.22. The van der Waals surface area contributed by atoms with Crippen molar-refractivity contribution in [2.24, 2.45) is 0 Å². The number of imide groups is 1. The van der Waals surface area contributed by atoms with Gasteiger partial charge in [0.05, 0.1) is 11.1 Å². The molecule has 1 aromatic carbocycles. The largest absolute Gasteiger partial charge is 0.507 e. The van der Waals surface area contributed by atoms with Crippen LogP contribution in [0.15, 0.2) is 12.1 Å². The first kappa shape index (κ1) is 11.6. The molecule has 0 saturated carbocycles. The molecule has 2 amide bonds. The third kappa shape index (κ3) is 1.60. The fourth-order valence-corrected chi connectivity index (χ4v) is 1.98. The fraction of sp³-hybridized carbons (Fsp3) is 0.385. The van der Waals surface area contributed by atoms with Crippen molar-refractivity contribution in [1.82, 2.24) is 5.32 Å². The Hall–Kier alpha value is -1.84. The monoisotopic (exact) mass is 233 g/mol. The number of hydrogen-bond donors (Lipinski definition) is 2. The number of fused-ring (bicyclic) bond motifs is 1. The summed E-state index contributed by atoms with van der Waals surface area (Å²) in [6.45, 7) is 5.99. The summed E-state index contributed by atoms with van der Waals surface area (Å²) >= 11 is 0. The highest BCUT2D eigenvalue weighted by Crippen LogP contribution is 2.38. The molecule has 2 N–H and O–H groups in total. The van der Waals surface area contributed by atoms with Gasteiger partial charge >= 0.3 is 0 Å². The number of amides is 2. The lowest BCUT2D eigenvalue weighted by Crippen LogP contribution is -2.20. The van der Waals surface area contributed by atoms with E-state index in [1.54, 1.807) is 12.1 Å². The van der Waals surface area contributed by atoms with Crippen molar-refractivity contribution in [2.75, 3.05) is 0 Å². The van der Waals surface area contributed by atoms with E-state index in [2.05, 4.69) is 5.32 Å². The highest BCUT2D eigenvalue weighted by Gasteiger charge is 2.33. The van der Waals surface area contributed by atoms with Gasteiger partial charge in [0.2, 0.25) is 0 Å². The summed E-state index contributed by atoms with van der Waals surface area (Å²) in [7, 11) is 0. The number of phenols is 1. The summed E-state index contributed by atoms with van der Waals surface area (Å²) in [4.78, 5) is 23.0. The van der Waals surface area contributed by atoms with Gasteiger partial charge in [0, 0.05) is 5.56 Å². The fourth-order valence-electron chi connectivity index (χ4n) is 1.98. The predicted molar refractivity (Wildman–Crippen MR) is 63.2 cm³/mol. The first-order valence-corrected chi connectivity index (χ1v) is 5.60. The summed E-state index contributed by atoms with van der Waals surface area (Å²) in [5, 5.41) is 12.3. The minimum atomic E-state index is -0.517. The summed E-state index contributed by atoms with van der Waals surface area (Å²) in [6, 6.07) is 3.32. The maximum absolute atomic E-state index is 11.6. The molecular weight excluding hydrogens is 218 g/mol. The number of benzene rings is 1. The van der Waals surface area contributed by atoms with E-state index in [9.17, 15) is 14.7 Å². The predicted octanol–water partition coefficient (Wildman–Crippen LogP) is 1.96. The van der Waals surface area contributed by atoms with Gasteiger partial charge in [0.15, 0.2) is 0 Å². The number of carbonyl (C=O) groups excluding carboxylic acids is 2. The number of phenolic OH excluding ortho intramolecular Hbond substituents is 1. The molecule has 17 heavy (non-hydrogen) atoms. The van der Waals surface area contributed by atoms with E-state index in [1.165, 1.54) is 0 Å². The number of carbonyl (C=O) groups is 2. The maximum atomic E-state index is 11.6. The van der Waals surface area contributed by atoms with Crippen LogP contribution in [0.2, 0.25) is 0 Å². The van der Waals surface area contributed by atoms with Crippen LogP contribution in [0.4, 0.5) is 0 Å². The number of rotatable bonds is 2. The van der Waals surface area contributed by atoms with Crippen LogP contribution in [0, 0.1) is 0 Å². The van der Waals surface area contributed by atoms with Gasteiger partial charge in [0.25, 0.3) is 11.8 Å². The lowest BCUT2D eigenvalue weighted by Gasteiger charge is -2.24. The molecule has 0 atom stereocenters. The number of hydrogen-bond acceptors (Lipinski definition) is 3. The lowest BCUT2D eigenvalue weighted by molar-refractivity contribution is 0.0879. The first-order valence-electron chi connectivity index (χ1n) is 5.60. The zero-order valence-corrected chi connectivity index (χ0v) is 10.1. The van der Waals surface area contributed by atoms with E-state index in [-0.39, 0.29) is 22.3 Å². The minimum Gasteiger partial charge on any atom is -0.507 e. The Morgan fingerprint density at radius 2 is 1.88 bits per heavy atom. The second-order valence-corrected chi connectivity index (χ2v) is 4.90. The smallest absolute Gasteiger partial charge is 0.262 e. The van der Waals surface area contributed by atoms with E-state index < -0.39 is 11.8 Å². The van der Waals surface area contributed by atoms with Crippen LogP contribution in [-0.4, -0.2) is 16.9 Å². The van der Waals surface area contributed by atoms with Gasteiger partial charge < -0.3 is 5.11 Å². The second-order valence-electron chi connectivity index (χ2n) is 4.90. The van der Waals surface area contributed by atoms with E-state index in [4.69, 9.17) is 0 Å². The van der Waals surface area contributed by atoms with Gasteiger partial charge in [-0.1, -0.05) is 26.8 Å². The van der Waals surface area contributed by atoms with Crippen molar-refractivity contribution in [3.8, 4) is 5.75 Å². The number of aromatic hydroxyl groups is 1. The SMILES string of the molecule is CCC(C)(C)c1ccc2c(c1O)C(=O)NC2=O. The average Bonchev–Trinajstić information content (AvgIpc) is 2.55. The Bertz CT molecular complexity index is 518. The minimum absolute atomic E-state index is 0.0716. The molecule has 0 aliphatic carbocycles. The lowest BCUT2D eigenvalue weighted by atomic mass is 9.80. The van der Waals surface area contributed by atoms with Crippen molar-refractivity contribution < 1.29 is 14.7 Å². The summed E-state index contributed by atoms with van der Waals surface area (Å²) in [5.74, 6) is -1.03. The van der Waals surface area contributed by atoms with Gasteiger partial charge in [-0.3, -0.25) is 14.9 Å². The van der Waals surface area contributed by atoms with E-state index in [0.29, 0.717) is 5.56 Å². The molecule has 0 radical (unpaired) electrons. The summed E-state index contributed by atoms with van der Waals surface area (Å²) < 4.78 is 0. The Morgan fingerprint density at radius 1 is 1.24 bits per heavy atom.